The van der Waals surface area contributed by atoms with Crippen LogP contribution in [0, 0.1) is 0 Å². The van der Waals surface area contributed by atoms with Crippen LogP contribution in [0.1, 0.15) is 51.8 Å². The molecule has 5 heteroatoms. The highest BCUT2D eigenvalue weighted by molar-refractivity contribution is 4.96. The van der Waals surface area contributed by atoms with Crippen molar-refractivity contribution >= 4 is 0 Å². The van der Waals surface area contributed by atoms with Crippen molar-refractivity contribution in [2.45, 2.75) is 58.0 Å². The third-order valence-electron chi connectivity index (χ3n) is 3.41. The molecule has 1 aromatic rings. The van der Waals surface area contributed by atoms with Crippen molar-refractivity contribution in [1.82, 2.24) is 15.1 Å². The Kier molecular flexibility index (Phi) is 4.02. The van der Waals surface area contributed by atoms with E-state index in [9.17, 15) is 5.11 Å². The number of aliphatic hydroxyl groups excluding tert-OH is 1. The maximum absolute atomic E-state index is 9.37. The number of aliphatic hydroxyl groups is 1. The summed E-state index contributed by atoms with van der Waals surface area (Å²) in [6.45, 7) is 8.03. The normalized spacial score (nSPS) is 22.3. The topological polar surface area (TPSA) is 62.4 Å². The second kappa shape index (κ2) is 5.36. The molecule has 1 aliphatic rings. The van der Waals surface area contributed by atoms with E-state index in [0.29, 0.717) is 18.3 Å². The van der Waals surface area contributed by atoms with E-state index < -0.39 is 0 Å². The molecule has 1 fully saturated rings. The first kappa shape index (κ1) is 13.5. The standard InChI is InChI=1S/C13H23N3O2/c1-13(2,3)12-15-14-11(18-12)8-16-7-5-4-6-10(16)9-17/h10,17H,4-9H2,1-3H3. The van der Waals surface area contributed by atoms with Crippen LogP contribution in [0.25, 0.3) is 0 Å². The summed E-state index contributed by atoms with van der Waals surface area (Å²) in [4.78, 5) is 2.24. The molecule has 0 aromatic carbocycles. The van der Waals surface area contributed by atoms with E-state index in [1.165, 1.54) is 12.8 Å². The molecule has 102 valence electrons. The van der Waals surface area contributed by atoms with Crippen LogP contribution in [-0.4, -0.2) is 39.4 Å². The fourth-order valence-electron chi connectivity index (χ4n) is 2.27. The fraction of sp³-hybridized carbons (Fsp3) is 0.846. The van der Waals surface area contributed by atoms with Gasteiger partial charge in [-0.15, -0.1) is 10.2 Å². The van der Waals surface area contributed by atoms with Crippen LogP contribution in [0.3, 0.4) is 0 Å². The van der Waals surface area contributed by atoms with Gasteiger partial charge in [-0.3, -0.25) is 4.90 Å². The second-order valence-corrected chi connectivity index (χ2v) is 6.05. The van der Waals surface area contributed by atoms with E-state index >= 15 is 0 Å². The molecule has 0 radical (unpaired) electrons. The minimum atomic E-state index is -0.108. The molecule has 1 N–H and O–H groups in total. The lowest BCUT2D eigenvalue weighted by Crippen LogP contribution is -2.41. The molecule has 0 bridgehead atoms. The Labute approximate surface area is 108 Å². The highest BCUT2D eigenvalue weighted by Gasteiger charge is 2.25. The minimum absolute atomic E-state index is 0.108. The summed E-state index contributed by atoms with van der Waals surface area (Å²) in [5.74, 6) is 1.33. The molecular weight excluding hydrogens is 230 g/mol. The van der Waals surface area contributed by atoms with Gasteiger partial charge in [0.05, 0.1) is 13.2 Å². The van der Waals surface area contributed by atoms with Crippen molar-refractivity contribution < 1.29 is 9.52 Å². The third kappa shape index (κ3) is 3.09. The van der Waals surface area contributed by atoms with Crippen molar-refractivity contribution in [3.8, 4) is 0 Å². The largest absolute Gasteiger partial charge is 0.423 e. The van der Waals surface area contributed by atoms with Crippen molar-refractivity contribution in [2.24, 2.45) is 0 Å². The van der Waals surface area contributed by atoms with Crippen LogP contribution in [0.15, 0.2) is 4.42 Å². The maximum atomic E-state index is 9.37. The summed E-state index contributed by atoms with van der Waals surface area (Å²) in [6, 6.07) is 0.240. The van der Waals surface area contributed by atoms with Crippen molar-refractivity contribution in [3.63, 3.8) is 0 Å². The number of aromatic nitrogens is 2. The molecule has 1 saturated heterocycles. The molecule has 0 saturated carbocycles. The van der Waals surface area contributed by atoms with Gasteiger partial charge in [0.15, 0.2) is 0 Å². The predicted molar refractivity (Wildman–Crippen MR) is 68.1 cm³/mol. The van der Waals surface area contributed by atoms with Crippen molar-refractivity contribution in [1.29, 1.82) is 0 Å². The number of likely N-dealkylation sites (tertiary alicyclic amines) is 1. The highest BCUT2D eigenvalue weighted by Crippen LogP contribution is 2.23. The van der Waals surface area contributed by atoms with Gasteiger partial charge in [-0.1, -0.05) is 27.2 Å². The number of hydrogen-bond acceptors (Lipinski definition) is 5. The van der Waals surface area contributed by atoms with Gasteiger partial charge in [0.2, 0.25) is 11.8 Å². The molecule has 2 rings (SSSR count). The molecule has 2 heterocycles. The Bertz CT molecular complexity index is 384. The van der Waals surface area contributed by atoms with Crippen LogP contribution in [0.2, 0.25) is 0 Å². The second-order valence-electron chi connectivity index (χ2n) is 6.05. The molecule has 0 amide bonds. The first-order chi connectivity index (χ1) is 8.50. The molecule has 1 aromatic heterocycles. The first-order valence-corrected chi connectivity index (χ1v) is 6.68. The molecule has 5 nitrogen and oxygen atoms in total. The molecule has 0 spiro atoms. The molecule has 1 aliphatic heterocycles. The van der Waals surface area contributed by atoms with Crippen molar-refractivity contribution in [3.05, 3.63) is 11.8 Å². The summed E-state index contributed by atoms with van der Waals surface area (Å²) in [6.07, 6.45) is 3.42. The van der Waals surface area contributed by atoms with Gasteiger partial charge in [0.25, 0.3) is 0 Å². The zero-order chi connectivity index (χ0) is 13.2. The van der Waals surface area contributed by atoms with Gasteiger partial charge in [-0.05, 0) is 19.4 Å². The minimum Gasteiger partial charge on any atom is -0.423 e. The van der Waals surface area contributed by atoms with E-state index in [-0.39, 0.29) is 18.1 Å². The highest BCUT2D eigenvalue weighted by atomic mass is 16.4. The summed E-state index contributed by atoms with van der Waals surface area (Å²) in [5.41, 5.74) is -0.108. The van der Waals surface area contributed by atoms with E-state index in [2.05, 4.69) is 35.9 Å². The molecule has 0 aliphatic carbocycles. The smallest absolute Gasteiger partial charge is 0.230 e. The Morgan fingerprint density at radius 3 is 2.72 bits per heavy atom. The van der Waals surface area contributed by atoms with Crippen LogP contribution < -0.4 is 0 Å². The van der Waals surface area contributed by atoms with Crippen molar-refractivity contribution in [2.75, 3.05) is 13.2 Å². The lowest BCUT2D eigenvalue weighted by atomic mass is 9.97. The van der Waals surface area contributed by atoms with Gasteiger partial charge in [-0.2, -0.15) is 0 Å². The van der Waals surface area contributed by atoms with Gasteiger partial charge in [0.1, 0.15) is 0 Å². The molecule has 1 unspecified atom stereocenters. The lowest BCUT2D eigenvalue weighted by Gasteiger charge is -2.33. The average Bonchev–Trinajstić information content (AvgIpc) is 2.78. The quantitative estimate of drug-likeness (QED) is 0.888. The number of piperidine rings is 1. The predicted octanol–water partition coefficient (Wildman–Crippen LogP) is 1.71. The fourth-order valence-corrected chi connectivity index (χ4v) is 2.27. The Balaban J connectivity index is 2.02. The SMILES string of the molecule is CC(C)(C)c1nnc(CN2CCCCC2CO)o1. The van der Waals surface area contributed by atoms with Gasteiger partial charge >= 0.3 is 0 Å². The maximum Gasteiger partial charge on any atom is 0.230 e. The third-order valence-corrected chi connectivity index (χ3v) is 3.41. The van der Waals surface area contributed by atoms with Gasteiger partial charge in [-0.25, -0.2) is 0 Å². The Hall–Kier alpha value is -0.940. The Morgan fingerprint density at radius 1 is 1.33 bits per heavy atom. The monoisotopic (exact) mass is 253 g/mol. The van der Waals surface area contributed by atoms with E-state index in [0.717, 1.165) is 13.0 Å². The zero-order valence-electron chi connectivity index (χ0n) is 11.5. The number of rotatable bonds is 3. The van der Waals surface area contributed by atoms with E-state index in [1.807, 2.05) is 0 Å². The lowest BCUT2D eigenvalue weighted by molar-refractivity contribution is 0.0761. The van der Waals surface area contributed by atoms with Gasteiger partial charge < -0.3 is 9.52 Å². The number of nitrogens with zero attached hydrogens (tertiary/aromatic N) is 3. The molecular formula is C13H23N3O2. The summed E-state index contributed by atoms with van der Waals surface area (Å²) in [5, 5.41) is 17.6. The Morgan fingerprint density at radius 2 is 2.11 bits per heavy atom. The van der Waals surface area contributed by atoms with Crippen LogP contribution >= 0.6 is 0 Å². The van der Waals surface area contributed by atoms with E-state index in [1.54, 1.807) is 0 Å². The van der Waals surface area contributed by atoms with Crippen LogP contribution in [-0.2, 0) is 12.0 Å². The summed E-state index contributed by atoms with van der Waals surface area (Å²) >= 11 is 0. The van der Waals surface area contributed by atoms with Crippen LogP contribution in [0.4, 0.5) is 0 Å². The van der Waals surface area contributed by atoms with Crippen LogP contribution in [0.5, 0.6) is 0 Å². The number of hydrogen-bond donors (Lipinski definition) is 1. The molecule has 18 heavy (non-hydrogen) atoms. The van der Waals surface area contributed by atoms with E-state index in [4.69, 9.17) is 4.42 Å². The van der Waals surface area contributed by atoms with Gasteiger partial charge in [0, 0.05) is 11.5 Å². The zero-order valence-corrected chi connectivity index (χ0v) is 11.5. The first-order valence-electron chi connectivity index (χ1n) is 6.68. The molecule has 1 atom stereocenters. The summed E-state index contributed by atoms with van der Waals surface area (Å²) in [7, 11) is 0. The summed E-state index contributed by atoms with van der Waals surface area (Å²) < 4.78 is 5.70. The average molecular weight is 253 g/mol.